The van der Waals surface area contributed by atoms with Crippen LogP contribution in [0.15, 0.2) is 12.7 Å². The highest BCUT2D eigenvalue weighted by Crippen LogP contribution is 2.64. The van der Waals surface area contributed by atoms with E-state index in [1.165, 1.54) is 4.90 Å². The van der Waals surface area contributed by atoms with Gasteiger partial charge < -0.3 is 24.7 Å². The van der Waals surface area contributed by atoms with Crippen LogP contribution in [0.1, 0.15) is 46.5 Å². The Morgan fingerprint density at radius 2 is 2.10 bits per heavy atom. The molecule has 3 rings (SSSR count). The van der Waals surface area contributed by atoms with E-state index in [9.17, 15) is 24.6 Å². The zero-order valence-corrected chi connectivity index (χ0v) is 17.5. The van der Waals surface area contributed by atoms with Gasteiger partial charge in [-0.3, -0.25) is 14.4 Å². The van der Waals surface area contributed by atoms with Crippen LogP contribution in [0.3, 0.4) is 0 Å². The maximum Gasteiger partial charge on any atom is 0.310 e. The molecule has 0 aliphatic carbocycles. The number of aliphatic hydroxyl groups excluding tert-OH is 1. The Morgan fingerprint density at radius 3 is 2.62 bits per heavy atom. The summed E-state index contributed by atoms with van der Waals surface area (Å²) >= 11 is 0. The number of aliphatic carboxylic acids is 1. The van der Waals surface area contributed by atoms with E-state index in [2.05, 4.69) is 6.58 Å². The molecule has 2 N–H and O–H groups in total. The van der Waals surface area contributed by atoms with Gasteiger partial charge in [0.25, 0.3) is 0 Å². The molecule has 2 unspecified atom stereocenters. The number of rotatable bonds is 9. The van der Waals surface area contributed by atoms with E-state index in [1.807, 2.05) is 20.8 Å². The summed E-state index contributed by atoms with van der Waals surface area (Å²) in [6.07, 6.45) is 3.44. The van der Waals surface area contributed by atoms with Crippen LogP contribution in [0.2, 0.25) is 0 Å². The lowest BCUT2D eigenvalue weighted by Crippen LogP contribution is -2.57. The minimum absolute atomic E-state index is 0.111. The van der Waals surface area contributed by atoms with E-state index in [-0.39, 0.29) is 31.0 Å². The largest absolute Gasteiger partial charge is 0.481 e. The first-order valence-electron chi connectivity index (χ1n) is 10.5. The molecule has 3 fully saturated rings. The average Bonchev–Trinajstić information content (AvgIpc) is 3.27. The van der Waals surface area contributed by atoms with E-state index < -0.39 is 35.0 Å². The molecule has 5 atom stereocenters. The van der Waals surface area contributed by atoms with Crippen molar-refractivity contribution in [3.05, 3.63) is 12.7 Å². The van der Waals surface area contributed by atoms with Gasteiger partial charge in [-0.2, -0.15) is 0 Å². The van der Waals surface area contributed by atoms with Crippen molar-refractivity contribution in [1.29, 1.82) is 0 Å². The Balaban J connectivity index is 2.09. The number of aliphatic hydroxyl groups is 1. The van der Waals surface area contributed by atoms with Gasteiger partial charge in [0.15, 0.2) is 0 Å². The smallest absolute Gasteiger partial charge is 0.310 e. The van der Waals surface area contributed by atoms with Crippen molar-refractivity contribution in [2.45, 2.75) is 69.7 Å². The fourth-order valence-electron chi connectivity index (χ4n) is 5.71. The van der Waals surface area contributed by atoms with Crippen molar-refractivity contribution in [3.8, 4) is 0 Å². The molecule has 2 bridgehead atoms. The Hall–Kier alpha value is -1.93. The summed E-state index contributed by atoms with van der Waals surface area (Å²) in [5.41, 5.74) is -2.04. The quantitative estimate of drug-likeness (QED) is 0.552. The molecule has 0 radical (unpaired) electrons. The van der Waals surface area contributed by atoms with Crippen LogP contribution in [0, 0.1) is 11.8 Å². The third-order valence-corrected chi connectivity index (χ3v) is 6.97. The van der Waals surface area contributed by atoms with E-state index >= 15 is 0 Å². The number of amides is 2. The number of hydrogen-bond donors (Lipinski definition) is 2. The first-order chi connectivity index (χ1) is 13.7. The molecular formula is C21H32N2O6. The molecule has 162 valence electrons. The molecule has 1 spiro atoms. The monoisotopic (exact) mass is 408 g/mol. The maximum absolute atomic E-state index is 13.7. The highest BCUT2D eigenvalue weighted by Gasteiger charge is 2.79. The third-order valence-electron chi connectivity index (χ3n) is 6.97. The number of carbonyl (C=O) groups excluding carboxylic acids is 2. The minimum Gasteiger partial charge on any atom is -0.481 e. The first kappa shape index (κ1) is 21.8. The fraction of sp³-hybridized carbons (Fsp3) is 0.762. The molecule has 3 aliphatic rings. The number of nitrogens with zero attached hydrogens (tertiary/aromatic N) is 2. The van der Waals surface area contributed by atoms with Gasteiger partial charge in [0.05, 0.1) is 11.5 Å². The minimum atomic E-state index is -1.13. The van der Waals surface area contributed by atoms with Gasteiger partial charge >= 0.3 is 5.97 Å². The van der Waals surface area contributed by atoms with E-state index in [4.69, 9.17) is 4.74 Å². The van der Waals surface area contributed by atoms with Crippen LogP contribution in [-0.4, -0.2) is 80.8 Å². The fourth-order valence-corrected chi connectivity index (χ4v) is 5.71. The zero-order valence-electron chi connectivity index (χ0n) is 17.5. The van der Waals surface area contributed by atoms with Gasteiger partial charge in [-0.1, -0.05) is 13.0 Å². The summed E-state index contributed by atoms with van der Waals surface area (Å²) < 4.78 is 6.44. The molecule has 29 heavy (non-hydrogen) atoms. The molecule has 0 aromatic rings. The normalized spacial score (nSPS) is 35.3. The van der Waals surface area contributed by atoms with Crippen molar-refractivity contribution in [2.75, 3.05) is 19.7 Å². The summed E-state index contributed by atoms with van der Waals surface area (Å²) in [6.45, 7) is 9.80. The van der Waals surface area contributed by atoms with Crippen LogP contribution in [0.4, 0.5) is 0 Å². The number of carboxylic acid groups (broad SMARTS) is 1. The van der Waals surface area contributed by atoms with E-state index in [0.29, 0.717) is 32.2 Å². The molecule has 8 heteroatoms. The lowest BCUT2D eigenvalue weighted by atomic mass is 9.65. The van der Waals surface area contributed by atoms with Crippen LogP contribution >= 0.6 is 0 Å². The molecule has 3 aliphatic heterocycles. The maximum atomic E-state index is 13.7. The van der Waals surface area contributed by atoms with Gasteiger partial charge in [-0.05, 0) is 39.5 Å². The highest BCUT2D eigenvalue weighted by atomic mass is 16.5. The van der Waals surface area contributed by atoms with Crippen LogP contribution in [0.25, 0.3) is 0 Å². The van der Waals surface area contributed by atoms with Gasteiger partial charge in [0, 0.05) is 25.7 Å². The lowest BCUT2D eigenvalue weighted by Gasteiger charge is -2.38. The van der Waals surface area contributed by atoms with Crippen molar-refractivity contribution < 1.29 is 29.3 Å². The molecule has 0 saturated carbocycles. The Morgan fingerprint density at radius 1 is 1.41 bits per heavy atom. The highest BCUT2D eigenvalue weighted by molar-refractivity contribution is 5.98. The molecule has 2 amide bonds. The van der Waals surface area contributed by atoms with Crippen LogP contribution < -0.4 is 0 Å². The van der Waals surface area contributed by atoms with Crippen molar-refractivity contribution in [2.24, 2.45) is 11.8 Å². The topological polar surface area (TPSA) is 107 Å². The summed E-state index contributed by atoms with van der Waals surface area (Å²) in [4.78, 5) is 42.4. The predicted octanol–water partition coefficient (Wildman–Crippen LogP) is 1.03. The predicted molar refractivity (Wildman–Crippen MR) is 105 cm³/mol. The van der Waals surface area contributed by atoms with Gasteiger partial charge in [0.2, 0.25) is 11.8 Å². The Kier molecular flexibility index (Phi) is 5.80. The second-order valence-corrected chi connectivity index (χ2v) is 8.65. The lowest BCUT2D eigenvalue weighted by molar-refractivity contribution is -0.158. The molecule has 3 saturated heterocycles. The standard InChI is InChI=1S/C21H32N2O6/c1-5-10-22(13(3)4)18(26)16-21-9-8-20(6-2,29-21)15(19(27)28)14(21)17(25)23(16)11-7-12-24/h5,13-16,24H,1,6-12H2,2-4H3,(H,27,28)/t14-,15+,16?,20-,21?/m0/s1. The third kappa shape index (κ3) is 2.99. The van der Waals surface area contributed by atoms with Gasteiger partial charge in [-0.15, -0.1) is 6.58 Å². The Labute approximate surface area is 171 Å². The molecule has 0 aromatic carbocycles. The molecule has 8 nitrogen and oxygen atoms in total. The number of fused-ring (bicyclic) bond motifs is 1. The van der Waals surface area contributed by atoms with E-state index in [1.54, 1.807) is 11.0 Å². The zero-order chi connectivity index (χ0) is 21.6. The van der Waals surface area contributed by atoms with E-state index in [0.717, 1.165) is 0 Å². The Bertz CT molecular complexity index is 709. The molecule has 0 aromatic heterocycles. The molecule has 3 heterocycles. The second kappa shape index (κ2) is 7.72. The average molecular weight is 408 g/mol. The summed E-state index contributed by atoms with van der Waals surface area (Å²) in [6, 6.07) is -0.994. The number of hydrogen-bond acceptors (Lipinski definition) is 5. The van der Waals surface area contributed by atoms with Crippen molar-refractivity contribution in [1.82, 2.24) is 9.80 Å². The number of carboxylic acids is 1. The van der Waals surface area contributed by atoms with Crippen LogP contribution in [0.5, 0.6) is 0 Å². The SMILES string of the molecule is C=CCN(C(=O)C1N(CCCO)C(=O)[C@@H]2[C@H](C(=O)O)[C@]3(CC)CCC12O3)C(C)C. The molecular weight excluding hydrogens is 376 g/mol. The summed E-state index contributed by atoms with van der Waals surface area (Å²) in [5.74, 6) is -3.48. The van der Waals surface area contributed by atoms with Crippen molar-refractivity contribution in [3.63, 3.8) is 0 Å². The summed E-state index contributed by atoms with van der Waals surface area (Å²) in [5, 5.41) is 19.3. The van der Waals surface area contributed by atoms with Crippen LogP contribution in [-0.2, 0) is 19.1 Å². The van der Waals surface area contributed by atoms with Crippen molar-refractivity contribution >= 4 is 17.8 Å². The van der Waals surface area contributed by atoms with Gasteiger partial charge in [0.1, 0.15) is 17.6 Å². The number of likely N-dealkylation sites (tertiary alicyclic amines) is 1. The second-order valence-electron chi connectivity index (χ2n) is 8.65. The number of carbonyl (C=O) groups is 3. The first-order valence-corrected chi connectivity index (χ1v) is 10.5. The summed E-state index contributed by atoms with van der Waals surface area (Å²) in [7, 11) is 0. The van der Waals surface area contributed by atoms with Gasteiger partial charge in [-0.25, -0.2) is 0 Å². The number of ether oxygens (including phenoxy) is 1.